The molecule has 0 unspecified atom stereocenters. The van der Waals surface area contributed by atoms with Crippen LogP contribution in [0.15, 0.2) is 54.7 Å². The zero-order valence-electron chi connectivity index (χ0n) is 16.6. The highest BCUT2D eigenvalue weighted by Gasteiger charge is 2.20. The summed E-state index contributed by atoms with van der Waals surface area (Å²) in [4.78, 5) is 32.4. The number of piperazine rings is 1. The van der Waals surface area contributed by atoms with E-state index in [-0.39, 0.29) is 11.8 Å². The quantitative estimate of drug-likeness (QED) is 0.703. The number of carbonyl (C=O) groups is 2. The van der Waals surface area contributed by atoms with Crippen molar-refractivity contribution in [1.82, 2.24) is 20.1 Å². The SMILES string of the molecule is CN1CCN(C(=O)c2ccc(C(=O)NCCc3c[nH]c4ccccc34)cc2)CC1. The van der Waals surface area contributed by atoms with E-state index in [0.717, 1.165) is 38.1 Å². The van der Waals surface area contributed by atoms with Crippen LogP contribution in [0.4, 0.5) is 0 Å². The van der Waals surface area contributed by atoms with Crippen LogP contribution >= 0.6 is 0 Å². The summed E-state index contributed by atoms with van der Waals surface area (Å²) in [5.41, 5.74) is 3.49. The third-order valence-electron chi connectivity index (χ3n) is 5.54. The summed E-state index contributed by atoms with van der Waals surface area (Å²) in [5, 5.41) is 4.15. The first kappa shape index (κ1) is 19.2. The lowest BCUT2D eigenvalue weighted by Gasteiger charge is -2.32. The number of rotatable bonds is 5. The van der Waals surface area contributed by atoms with Crippen LogP contribution in [0.3, 0.4) is 0 Å². The zero-order chi connectivity index (χ0) is 20.2. The van der Waals surface area contributed by atoms with Gasteiger partial charge in [0.25, 0.3) is 11.8 Å². The topological polar surface area (TPSA) is 68.4 Å². The van der Waals surface area contributed by atoms with Crippen molar-refractivity contribution in [2.75, 3.05) is 39.8 Å². The molecule has 0 atom stereocenters. The van der Waals surface area contributed by atoms with Gasteiger partial charge in [-0.25, -0.2) is 0 Å². The van der Waals surface area contributed by atoms with Crippen molar-refractivity contribution in [3.63, 3.8) is 0 Å². The number of nitrogens with one attached hydrogen (secondary N) is 2. The lowest BCUT2D eigenvalue weighted by Crippen LogP contribution is -2.47. The predicted octanol–water partition coefficient (Wildman–Crippen LogP) is 2.53. The van der Waals surface area contributed by atoms with E-state index < -0.39 is 0 Å². The van der Waals surface area contributed by atoms with Crippen LogP contribution in [0.1, 0.15) is 26.3 Å². The van der Waals surface area contributed by atoms with E-state index in [1.54, 1.807) is 24.3 Å². The fourth-order valence-electron chi connectivity index (χ4n) is 3.71. The Morgan fingerprint density at radius 2 is 1.66 bits per heavy atom. The van der Waals surface area contributed by atoms with Crippen molar-refractivity contribution in [2.45, 2.75) is 6.42 Å². The van der Waals surface area contributed by atoms with Crippen LogP contribution in [-0.2, 0) is 6.42 Å². The van der Waals surface area contributed by atoms with Crippen molar-refractivity contribution in [1.29, 1.82) is 0 Å². The smallest absolute Gasteiger partial charge is 0.253 e. The highest BCUT2D eigenvalue weighted by atomic mass is 16.2. The average molecular weight is 390 g/mol. The molecule has 1 aliphatic rings. The van der Waals surface area contributed by atoms with Gasteiger partial charge in [-0.1, -0.05) is 18.2 Å². The molecule has 0 saturated carbocycles. The summed E-state index contributed by atoms with van der Waals surface area (Å²) < 4.78 is 0. The summed E-state index contributed by atoms with van der Waals surface area (Å²) in [6.45, 7) is 3.82. The molecule has 2 N–H and O–H groups in total. The Kier molecular flexibility index (Phi) is 5.62. The lowest BCUT2D eigenvalue weighted by molar-refractivity contribution is 0.0663. The molecule has 1 aromatic heterocycles. The third kappa shape index (κ3) is 4.32. The molecule has 0 aliphatic carbocycles. The molecule has 0 bridgehead atoms. The molecule has 1 saturated heterocycles. The molecule has 150 valence electrons. The Bertz CT molecular complexity index is 1000. The van der Waals surface area contributed by atoms with Gasteiger partial charge in [-0.15, -0.1) is 0 Å². The minimum Gasteiger partial charge on any atom is -0.361 e. The van der Waals surface area contributed by atoms with Gasteiger partial charge >= 0.3 is 0 Å². The fraction of sp³-hybridized carbons (Fsp3) is 0.304. The molecule has 0 spiro atoms. The number of aromatic amines is 1. The lowest BCUT2D eigenvalue weighted by atomic mass is 10.1. The van der Waals surface area contributed by atoms with Crippen LogP contribution in [0, 0.1) is 0 Å². The largest absolute Gasteiger partial charge is 0.361 e. The highest BCUT2D eigenvalue weighted by molar-refractivity contribution is 5.98. The predicted molar refractivity (Wildman–Crippen MR) is 114 cm³/mol. The van der Waals surface area contributed by atoms with Gasteiger partial charge in [0, 0.05) is 61.0 Å². The van der Waals surface area contributed by atoms with Gasteiger partial charge in [0.15, 0.2) is 0 Å². The summed E-state index contributed by atoms with van der Waals surface area (Å²) >= 11 is 0. The maximum atomic E-state index is 12.6. The fourth-order valence-corrected chi connectivity index (χ4v) is 3.71. The van der Waals surface area contributed by atoms with Crippen molar-refractivity contribution in [3.05, 3.63) is 71.4 Å². The van der Waals surface area contributed by atoms with Crippen molar-refractivity contribution in [2.24, 2.45) is 0 Å². The number of H-pyrrole nitrogens is 1. The van der Waals surface area contributed by atoms with E-state index in [1.807, 2.05) is 29.3 Å². The second-order valence-corrected chi connectivity index (χ2v) is 7.54. The van der Waals surface area contributed by atoms with E-state index in [2.05, 4.69) is 28.3 Å². The second-order valence-electron chi connectivity index (χ2n) is 7.54. The zero-order valence-corrected chi connectivity index (χ0v) is 16.6. The van der Waals surface area contributed by atoms with Gasteiger partial charge in [0.05, 0.1) is 0 Å². The van der Waals surface area contributed by atoms with Crippen LogP contribution in [0.25, 0.3) is 10.9 Å². The first-order chi connectivity index (χ1) is 14.1. The first-order valence-corrected chi connectivity index (χ1v) is 10.0. The number of hydrogen-bond donors (Lipinski definition) is 2. The second kappa shape index (κ2) is 8.49. The number of aromatic nitrogens is 1. The van der Waals surface area contributed by atoms with Gasteiger partial charge in [-0.3, -0.25) is 9.59 Å². The minimum absolute atomic E-state index is 0.0318. The van der Waals surface area contributed by atoms with Gasteiger partial charge in [0.1, 0.15) is 0 Å². The van der Waals surface area contributed by atoms with Gasteiger partial charge < -0.3 is 20.1 Å². The molecule has 29 heavy (non-hydrogen) atoms. The Hall–Kier alpha value is -3.12. The summed E-state index contributed by atoms with van der Waals surface area (Å²) in [7, 11) is 2.06. The molecule has 1 fully saturated rings. The number of para-hydroxylation sites is 1. The number of likely N-dealkylation sites (N-methyl/N-ethyl adjacent to an activating group) is 1. The van der Waals surface area contributed by atoms with Gasteiger partial charge in [-0.2, -0.15) is 0 Å². The summed E-state index contributed by atoms with van der Waals surface area (Å²) in [5.74, 6) is -0.0900. The molecule has 0 radical (unpaired) electrons. The Balaban J connectivity index is 1.31. The van der Waals surface area contributed by atoms with E-state index >= 15 is 0 Å². The van der Waals surface area contributed by atoms with Crippen LogP contribution < -0.4 is 5.32 Å². The molecule has 2 amide bonds. The maximum absolute atomic E-state index is 12.6. The molecule has 6 nitrogen and oxygen atoms in total. The van der Waals surface area contributed by atoms with E-state index in [4.69, 9.17) is 0 Å². The Labute approximate surface area is 170 Å². The van der Waals surface area contributed by atoms with Crippen LogP contribution in [0.5, 0.6) is 0 Å². The maximum Gasteiger partial charge on any atom is 0.253 e. The van der Waals surface area contributed by atoms with Crippen LogP contribution in [-0.4, -0.2) is 66.4 Å². The molecule has 2 aromatic carbocycles. The molecule has 6 heteroatoms. The number of amides is 2. The molecule has 3 aromatic rings. The van der Waals surface area contributed by atoms with Crippen LogP contribution in [0.2, 0.25) is 0 Å². The molecule has 2 heterocycles. The standard InChI is InChI=1S/C23H26N4O2/c1-26-12-14-27(15-13-26)23(29)18-8-6-17(7-9-18)22(28)24-11-10-19-16-25-21-5-3-2-4-20(19)21/h2-9,16,25H,10-15H2,1H3,(H,24,28). The number of nitrogens with zero attached hydrogens (tertiary/aromatic N) is 2. The van der Waals surface area contributed by atoms with Crippen molar-refractivity contribution >= 4 is 22.7 Å². The minimum atomic E-state index is -0.122. The highest BCUT2D eigenvalue weighted by Crippen LogP contribution is 2.17. The number of fused-ring (bicyclic) bond motifs is 1. The van der Waals surface area contributed by atoms with Crippen molar-refractivity contribution < 1.29 is 9.59 Å². The van der Waals surface area contributed by atoms with E-state index in [0.29, 0.717) is 17.7 Å². The Morgan fingerprint density at radius 3 is 2.41 bits per heavy atom. The summed E-state index contributed by atoms with van der Waals surface area (Å²) in [6.07, 6.45) is 2.76. The average Bonchev–Trinajstić information content (AvgIpc) is 3.17. The molecular formula is C23H26N4O2. The number of carbonyl (C=O) groups excluding carboxylic acids is 2. The first-order valence-electron chi connectivity index (χ1n) is 10.0. The van der Waals surface area contributed by atoms with E-state index in [9.17, 15) is 9.59 Å². The van der Waals surface area contributed by atoms with Gasteiger partial charge in [-0.05, 0) is 49.4 Å². The van der Waals surface area contributed by atoms with Crippen molar-refractivity contribution in [3.8, 4) is 0 Å². The monoisotopic (exact) mass is 390 g/mol. The number of hydrogen-bond acceptors (Lipinski definition) is 3. The van der Waals surface area contributed by atoms with Gasteiger partial charge in [0.2, 0.25) is 0 Å². The molecule has 1 aliphatic heterocycles. The Morgan fingerprint density at radius 1 is 0.966 bits per heavy atom. The molecular weight excluding hydrogens is 364 g/mol. The normalized spacial score (nSPS) is 14.9. The van der Waals surface area contributed by atoms with E-state index in [1.165, 1.54) is 10.9 Å². The summed E-state index contributed by atoms with van der Waals surface area (Å²) in [6, 6.07) is 15.1. The number of benzene rings is 2. The molecule has 4 rings (SSSR count). The third-order valence-corrected chi connectivity index (χ3v) is 5.54.